The molecule has 2 aromatic rings. The molecule has 2 rings (SSSR count). The van der Waals surface area contributed by atoms with E-state index in [0.717, 1.165) is 17.3 Å². The molecule has 0 bridgehead atoms. The zero-order valence-corrected chi connectivity index (χ0v) is 13.8. The smallest absolute Gasteiger partial charge is 0.346 e. The molecule has 0 aliphatic carbocycles. The number of nitrogens with two attached hydrogens (primary N) is 1. The minimum atomic E-state index is -0.508. The van der Waals surface area contributed by atoms with Gasteiger partial charge in [0.2, 0.25) is 5.91 Å². The van der Waals surface area contributed by atoms with Crippen molar-refractivity contribution < 1.29 is 14.3 Å². The maximum Gasteiger partial charge on any atom is 0.346 e. The molecule has 1 aromatic carbocycles. The van der Waals surface area contributed by atoms with Crippen molar-refractivity contribution in [1.29, 1.82) is 0 Å². The second-order valence-electron chi connectivity index (χ2n) is 5.23. The summed E-state index contributed by atoms with van der Waals surface area (Å²) in [5, 5.41) is 0.427. The second-order valence-corrected chi connectivity index (χ2v) is 6.19. The minimum absolute atomic E-state index is 0.0557. The Hall–Kier alpha value is -2.34. The Bertz CT molecular complexity index is 716. The van der Waals surface area contributed by atoms with Crippen LogP contribution in [-0.2, 0) is 4.79 Å². The number of primary amides is 1. The Kier molecular flexibility index (Phi) is 5.76. The van der Waals surface area contributed by atoms with Crippen LogP contribution < -0.4 is 10.5 Å². The zero-order chi connectivity index (χ0) is 16.8. The van der Waals surface area contributed by atoms with E-state index >= 15 is 0 Å². The van der Waals surface area contributed by atoms with Crippen molar-refractivity contribution in [3.63, 3.8) is 0 Å². The first-order valence-corrected chi connectivity index (χ1v) is 8.14. The van der Waals surface area contributed by atoms with Crippen LogP contribution in [0.4, 0.5) is 0 Å². The fraction of sp³-hybridized carbons (Fsp3) is 0.235. The van der Waals surface area contributed by atoms with Gasteiger partial charge in [-0.3, -0.25) is 4.79 Å². The zero-order valence-electron chi connectivity index (χ0n) is 13.0. The molecular weight excluding hydrogens is 312 g/mol. The lowest BCUT2D eigenvalue weighted by molar-refractivity contribution is -0.115. The predicted octanol–water partition coefficient (Wildman–Crippen LogP) is 3.00. The molecule has 1 heterocycles. The van der Waals surface area contributed by atoms with Crippen LogP contribution in [0, 0.1) is 0 Å². The molecule has 120 valence electrons. The van der Waals surface area contributed by atoms with Crippen LogP contribution in [0.2, 0.25) is 0 Å². The summed E-state index contributed by atoms with van der Waals surface area (Å²) in [5.41, 5.74) is 6.53. The summed E-state index contributed by atoms with van der Waals surface area (Å²) < 4.78 is 5.43. The van der Waals surface area contributed by atoms with E-state index in [1.165, 1.54) is 0 Å². The predicted molar refractivity (Wildman–Crippen MR) is 89.6 cm³/mol. The molecule has 0 radical (unpaired) electrons. The van der Waals surface area contributed by atoms with Gasteiger partial charge in [-0.05, 0) is 35.7 Å². The Morgan fingerprint density at radius 2 is 2.04 bits per heavy atom. The van der Waals surface area contributed by atoms with Crippen molar-refractivity contribution in [3.05, 3.63) is 53.7 Å². The van der Waals surface area contributed by atoms with E-state index in [9.17, 15) is 9.59 Å². The number of thioether (sulfide) groups is 1. The molecule has 2 N–H and O–H groups in total. The number of rotatable bonds is 6. The number of aromatic nitrogens is 1. The van der Waals surface area contributed by atoms with Gasteiger partial charge in [-0.1, -0.05) is 37.7 Å². The van der Waals surface area contributed by atoms with Gasteiger partial charge in [0, 0.05) is 6.20 Å². The summed E-state index contributed by atoms with van der Waals surface area (Å²) in [6.45, 7) is 4.14. The standard InChI is InChI=1S/C17H18N2O3S/c1-11(2)12-5-3-6-13(9-12)22-17(21)14-7-4-8-19-16(14)23-10-15(18)20/h3-9,11H,10H2,1-2H3,(H2,18,20). The largest absolute Gasteiger partial charge is 0.423 e. The van der Waals surface area contributed by atoms with Crippen LogP contribution in [0.15, 0.2) is 47.6 Å². The topological polar surface area (TPSA) is 82.3 Å². The summed E-state index contributed by atoms with van der Waals surface area (Å²) in [6.07, 6.45) is 1.56. The summed E-state index contributed by atoms with van der Waals surface area (Å²) in [4.78, 5) is 27.4. The first kappa shape index (κ1) is 17.0. The van der Waals surface area contributed by atoms with Crippen LogP contribution in [0.3, 0.4) is 0 Å². The van der Waals surface area contributed by atoms with Gasteiger partial charge in [-0.25, -0.2) is 9.78 Å². The molecule has 0 atom stereocenters. The number of carbonyl (C=O) groups excluding carboxylic acids is 2. The highest BCUT2D eigenvalue weighted by atomic mass is 32.2. The van der Waals surface area contributed by atoms with Crippen molar-refractivity contribution in [3.8, 4) is 5.75 Å². The molecule has 1 amide bonds. The monoisotopic (exact) mass is 330 g/mol. The van der Waals surface area contributed by atoms with Gasteiger partial charge in [0.25, 0.3) is 0 Å². The highest BCUT2D eigenvalue weighted by Gasteiger charge is 2.16. The molecule has 1 aromatic heterocycles. The molecule has 0 aliphatic heterocycles. The Labute approximate surface area is 139 Å². The molecule has 0 saturated carbocycles. The van der Waals surface area contributed by atoms with E-state index in [-0.39, 0.29) is 5.75 Å². The lowest BCUT2D eigenvalue weighted by Crippen LogP contribution is -2.15. The maximum atomic E-state index is 12.4. The summed E-state index contributed by atoms with van der Waals surface area (Å²) in [7, 11) is 0. The number of esters is 1. The molecular formula is C17H18N2O3S. The van der Waals surface area contributed by atoms with Gasteiger partial charge >= 0.3 is 5.97 Å². The summed E-state index contributed by atoms with van der Waals surface area (Å²) in [5.74, 6) is -0.0969. The number of carbonyl (C=O) groups is 2. The second kappa shape index (κ2) is 7.78. The quantitative estimate of drug-likeness (QED) is 0.500. The number of ether oxygens (including phenoxy) is 1. The van der Waals surface area contributed by atoms with Gasteiger partial charge < -0.3 is 10.5 Å². The molecule has 23 heavy (non-hydrogen) atoms. The van der Waals surface area contributed by atoms with E-state index in [2.05, 4.69) is 18.8 Å². The van der Waals surface area contributed by atoms with E-state index < -0.39 is 11.9 Å². The van der Waals surface area contributed by atoms with E-state index in [1.54, 1.807) is 24.4 Å². The number of nitrogens with zero attached hydrogens (tertiary/aromatic N) is 1. The van der Waals surface area contributed by atoms with Gasteiger partial charge in [-0.15, -0.1) is 0 Å². The number of hydrogen-bond donors (Lipinski definition) is 1. The molecule has 0 aliphatic rings. The van der Waals surface area contributed by atoms with E-state index in [4.69, 9.17) is 10.5 Å². The minimum Gasteiger partial charge on any atom is -0.423 e. The van der Waals surface area contributed by atoms with E-state index in [0.29, 0.717) is 22.3 Å². The van der Waals surface area contributed by atoms with Gasteiger partial charge in [-0.2, -0.15) is 0 Å². The van der Waals surface area contributed by atoms with Crippen molar-refractivity contribution in [2.24, 2.45) is 5.73 Å². The van der Waals surface area contributed by atoms with Crippen molar-refractivity contribution >= 4 is 23.6 Å². The molecule has 0 spiro atoms. The Morgan fingerprint density at radius 1 is 1.26 bits per heavy atom. The van der Waals surface area contributed by atoms with E-state index in [1.807, 2.05) is 18.2 Å². The average molecular weight is 330 g/mol. The molecule has 0 unspecified atom stereocenters. The van der Waals surface area contributed by atoms with Crippen molar-refractivity contribution in [2.45, 2.75) is 24.8 Å². The highest BCUT2D eigenvalue weighted by molar-refractivity contribution is 8.00. The maximum absolute atomic E-state index is 12.4. The first-order chi connectivity index (χ1) is 11.0. The summed E-state index contributed by atoms with van der Waals surface area (Å²) >= 11 is 1.12. The number of amides is 1. The van der Waals surface area contributed by atoms with Crippen LogP contribution in [0.1, 0.15) is 35.7 Å². The first-order valence-electron chi connectivity index (χ1n) is 7.15. The van der Waals surface area contributed by atoms with Crippen LogP contribution in [0.5, 0.6) is 5.75 Å². The SMILES string of the molecule is CC(C)c1cccc(OC(=O)c2cccnc2SCC(N)=O)c1. The Balaban J connectivity index is 2.17. The normalized spacial score (nSPS) is 10.6. The van der Waals surface area contributed by atoms with Crippen LogP contribution in [0.25, 0.3) is 0 Å². The fourth-order valence-corrected chi connectivity index (χ4v) is 2.62. The van der Waals surface area contributed by atoms with Gasteiger partial charge in [0.1, 0.15) is 10.8 Å². The van der Waals surface area contributed by atoms with Crippen LogP contribution >= 0.6 is 11.8 Å². The Morgan fingerprint density at radius 3 is 2.74 bits per heavy atom. The molecule has 6 heteroatoms. The summed E-state index contributed by atoms with van der Waals surface area (Å²) in [6, 6.07) is 10.7. The molecule has 0 saturated heterocycles. The highest BCUT2D eigenvalue weighted by Crippen LogP contribution is 2.24. The number of pyridine rings is 1. The molecule has 0 fully saturated rings. The van der Waals surface area contributed by atoms with Crippen molar-refractivity contribution in [2.75, 3.05) is 5.75 Å². The third kappa shape index (κ3) is 4.82. The van der Waals surface area contributed by atoms with Gasteiger partial charge in [0.15, 0.2) is 0 Å². The fourth-order valence-electron chi connectivity index (χ4n) is 1.90. The third-order valence-electron chi connectivity index (χ3n) is 3.08. The third-order valence-corrected chi connectivity index (χ3v) is 4.11. The van der Waals surface area contributed by atoms with Gasteiger partial charge in [0.05, 0.1) is 11.3 Å². The van der Waals surface area contributed by atoms with Crippen molar-refractivity contribution in [1.82, 2.24) is 4.98 Å². The lowest BCUT2D eigenvalue weighted by atomic mass is 10.0. The number of benzene rings is 1. The molecule has 5 nitrogen and oxygen atoms in total. The number of hydrogen-bond acceptors (Lipinski definition) is 5. The van der Waals surface area contributed by atoms with Crippen LogP contribution in [-0.4, -0.2) is 22.6 Å². The average Bonchev–Trinajstić information content (AvgIpc) is 2.53. The lowest BCUT2D eigenvalue weighted by Gasteiger charge is -2.10.